The second-order valence-electron chi connectivity index (χ2n) is 34.0. The van der Waals surface area contributed by atoms with Crippen LogP contribution in [0.5, 0.6) is 0 Å². The highest BCUT2D eigenvalue weighted by Gasteiger charge is 2.58. The Hall–Kier alpha value is -10.6. The molecule has 0 radical (unpaired) electrons. The Bertz CT molecular complexity index is 4810. The van der Waals surface area contributed by atoms with E-state index in [0.29, 0.717) is 22.3 Å². The van der Waals surface area contributed by atoms with Crippen LogP contribution in [-0.4, -0.2) is 179 Å². The van der Waals surface area contributed by atoms with Gasteiger partial charge in [-0.2, -0.15) is 0 Å². The van der Waals surface area contributed by atoms with E-state index in [9.17, 15) is 47.9 Å². The number of benzene rings is 7. The van der Waals surface area contributed by atoms with Crippen LogP contribution in [0.25, 0.3) is 0 Å². The van der Waals surface area contributed by atoms with E-state index in [-0.39, 0.29) is 90.2 Å². The summed E-state index contributed by atoms with van der Waals surface area (Å²) in [6.45, 7) is 8.44. The van der Waals surface area contributed by atoms with Gasteiger partial charge in [0.25, 0.3) is 0 Å². The number of likely N-dealkylation sites (N-methyl/N-ethyl adjacent to an activating group) is 3. The summed E-state index contributed by atoms with van der Waals surface area (Å²) in [6, 6.07) is 55.9. The standard InChI is InChI=1S/C24H28N2O3.C18H24N2O3.2C17H22N2O3.C15H20N2O3.C7H7Br.CH3I/c1-18-25(2)23(28)24(15-7-4-8-16-24)26(18)21-13-11-20(12-14-21)22(27)29-17-19-9-5-3-6-10-19;1-13-19(2)17(22)18(11-5-4-6-12-18)20(13)15-9-7-14(8-10-15)16(21)23-3;1-12-18-16(21)17(10-4-3-5-11-17)19(12)14-8-6-13(7-9-14)15(20)22-2;1-12-18(2)16(22)17(10-4-3-5-11-17)19(12)14-8-6-13(7-9-14)15(20)21;1-20-13(18)11-5-7-12(8-6-11)17-15(14(16)19)9-3-2-4-10-15;8-6-7-4-2-1-3-5-7;1-2/h3,5-6,9-14,18H,4,7-8,15-17H2,1-2H3;7-10,13H,4-6,11-12H2,1-3H3;6-9,12H,3-5,10-11H2,1-2H3,(H,18,21);6-9,12H,3-5,10-11H2,1-2H3,(H,20,21);5-8,17H,2-4,9-10H2,1H3,(H2,16,19);1-5H,6H2;1H3. The van der Waals surface area contributed by atoms with Crippen LogP contribution in [0.4, 0.5) is 28.4 Å². The van der Waals surface area contributed by atoms with Crippen molar-refractivity contribution >= 4 is 126 Å². The molecule has 4 unspecified atom stereocenters. The molecule has 9 fully saturated rings. The first-order valence-corrected chi connectivity index (χ1v) is 47.4. The summed E-state index contributed by atoms with van der Waals surface area (Å²) in [4.78, 5) is 138. The van der Waals surface area contributed by atoms with Crippen molar-refractivity contribution in [2.75, 3.05) is 72.3 Å². The van der Waals surface area contributed by atoms with Gasteiger partial charge >= 0.3 is 29.8 Å². The largest absolute Gasteiger partial charge is 0.478 e. The first-order chi connectivity index (χ1) is 60.6. The third kappa shape index (κ3) is 21.6. The Morgan fingerprint density at radius 2 is 0.690 bits per heavy atom. The number of carbonyl (C=O) groups is 10. The Labute approximate surface area is 764 Å². The first kappa shape index (κ1) is 97.6. The van der Waals surface area contributed by atoms with Crippen LogP contribution < -0.4 is 36.0 Å². The van der Waals surface area contributed by atoms with Crippen LogP contribution in [0.1, 0.15) is 251 Å². The van der Waals surface area contributed by atoms with Gasteiger partial charge in [-0.3, -0.25) is 24.0 Å². The number of ether oxygens (including phenoxy) is 4. The van der Waals surface area contributed by atoms with Crippen LogP contribution in [0, 0.1) is 0 Å². The molecule has 676 valence electrons. The molecule has 4 heterocycles. The van der Waals surface area contributed by atoms with Crippen LogP contribution in [0.2, 0.25) is 0 Å². The van der Waals surface area contributed by atoms with Crippen molar-refractivity contribution in [3.05, 3.63) is 221 Å². The molecule has 4 saturated heterocycles. The molecule has 9 aliphatic rings. The summed E-state index contributed by atoms with van der Waals surface area (Å²) >= 11 is 5.51. The number of nitrogens with two attached hydrogens (primary N) is 1. The van der Waals surface area contributed by atoms with Gasteiger partial charge in [0, 0.05) is 54.9 Å². The van der Waals surface area contributed by atoms with E-state index >= 15 is 0 Å². The van der Waals surface area contributed by atoms with Gasteiger partial charge < -0.3 is 74.7 Å². The molecule has 5 N–H and O–H groups in total. The van der Waals surface area contributed by atoms with Crippen molar-refractivity contribution in [2.45, 2.75) is 253 Å². The van der Waals surface area contributed by atoms with Crippen molar-refractivity contribution in [3.63, 3.8) is 0 Å². The van der Waals surface area contributed by atoms with Crippen molar-refractivity contribution in [1.82, 2.24) is 20.0 Å². The molecule has 16 rings (SSSR count). The minimum Gasteiger partial charge on any atom is -0.478 e. The van der Waals surface area contributed by atoms with Crippen LogP contribution in [0.3, 0.4) is 0 Å². The van der Waals surface area contributed by atoms with Crippen molar-refractivity contribution in [2.24, 2.45) is 5.73 Å². The van der Waals surface area contributed by atoms with E-state index in [2.05, 4.69) is 99.5 Å². The topological polar surface area (TPSA) is 301 Å². The molecule has 4 spiro atoms. The zero-order valence-electron chi connectivity index (χ0n) is 74.8. The van der Waals surface area contributed by atoms with E-state index in [1.165, 1.54) is 52.6 Å². The maximum absolute atomic E-state index is 13.1. The molecule has 7 aromatic rings. The van der Waals surface area contributed by atoms with Gasteiger partial charge in [0.05, 0.1) is 55.3 Å². The molecule has 4 atom stereocenters. The molecule has 126 heavy (non-hydrogen) atoms. The average molecular weight is 1900 g/mol. The van der Waals surface area contributed by atoms with Crippen molar-refractivity contribution in [1.29, 1.82) is 0 Å². The molecule has 4 aliphatic heterocycles. The number of carboxylic acids is 1. The van der Waals surface area contributed by atoms with Crippen LogP contribution >= 0.6 is 38.5 Å². The predicted molar refractivity (Wildman–Crippen MR) is 504 cm³/mol. The number of hydrogen-bond acceptors (Lipinski definition) is 19. The number of esters is 4. The zero-order chi connectivity index (χ0) is 91.1. The van der Waals surface area contributed by atoms with Crippen molar-refractivity contribution in [3.8, 4) is 0 Å². The number of carboxylic acid groups (broad SMARTS) is 1. The highest BCUT2D eigenvalue weighted by atomic mass is 127. The number of nitrogens with zero attached hydrogens (tertiary/aromatic N) is 7. The summed E-state index contributed by atoms with van der Waals surface area (Å²) in [5.41, 5.74) is 12.5. The minimum absolute atomic E-state index is 0.00326. The third-order valence-electron chi connectivity index (χ3n) is 26.7. The number of nitrogens with one attached hydrogen (secondary N) is 2. The minimum atomic E-state index is -0.929. The number of alkyl halides is 2. The number of carbonyl (C=O) groups excluding carboxylic acids is 9. The quantitative estimate of drug-likeness (QED) is 0.0321. The predicted octanol–water partition coefficient (Wildman–Crippen LogP) is 18.0. The monoisotopic (exact) mass is 1900 g/mol. The lowest BCUT2D eigenvalue weighted by Gasteiger charge is -2.41. The highest BCUT2D eigenvalue weighted by molar-refractivity contribution is 14.1. The Kier molecular flexibility index (Phi) is 34.7. The highest BCUT2D eigenvalue weighted by Crippen LogP contribution is 2.49. The molecule has 5 saturated carbocycles. The molecule has 0 bridgehead atoms. The van der Waals surface area contributed by atoms with Gasteiger partial charge in [-0.1, -0.05) is 195 Å². The number of amides is 5. The van der Waals surface area contributed by atoms with E-state index in [4.69, 9.17) is 25.1 Å². The number of methoxy groups -OCH3 is 3. The Morgan fingerprint density at radius 3 is 0.992 bits per heavy atom. The van der Waals surface area contributed by atoms with E-state index in [1.807, 2.05) is 152 Å². The lowest BCUT2D eigenvalue weighted by Crippen LogP contribution is -2.51. The van der Waals surface area contributed by atoms with Crippen molar-refractivity contribution < 1.29 is 72.0 Å². The fourth-order valence-electron chi connectivity index (χ4n) is 19.8. The van der Waals surface area contributed by atoms with Gasteiger partial charge in [0.1, 0.15) is 52.8 Å². The van der Waals surface area contributed by atoms with E-state index in [1.54, 1.807) is 72.8 Å². The fraction of sp³-hybridized carbons (Fsp3) is 0.475. The van der Waals surface area contributed by atoms with Gasteiger partial charge in [-0.15, -0.1) is 0 Å². The zero-order valence-corrected chi connectivity index (χ0v) is 78.6. The first-order valence-electron chi connectivity index (χ1n) is 44.2. The second-order valence-corrected chi connectivity index (χ2v) is 34.6. The smallest absolute Gasteiger partial charge is 0.338 e. The molecule has 25 nitrogen and oxygen atoms in total. The number of halogens is 2. The van der Waals surface area contributed by atoms with Gasteiger partial charge in [0.2, 0.25) is 29.5 Å². The number of hydrogen-bond donors (Lipinski definition) is 4. The summed E-state index contributed by atoms with van der Waals surface area (Å²) < 4.78 is 19.6. The molecule has 5 aliphatic carbocycles. The number of rotatable bonds is 15. The van der Waals surface area contributed by atoms with Gasteiger partial charge in [-0.05, 0) is 229 Å². The summed E-state index contributed by atoms with van der Waals surface area (Å²) in [6.07, 6.45) is 25.1. The average Bonchev–Trinajstić information content (AvgIpc) is 1.59. The maximum Gasteiger partial charge on any atom is 0.338 e. The van der Waals surface area contributed by atoms with E-state index < -0.39 is 33.7 Å². The van der Waals surface area contributed by atoms with Gasteiger partial charge in [-0.25, -0.2) is 24.0 Å². The molecule has 27 heteroatoms. The fourth-order valence-corrected chi connectivity index (χ4v) is 20.2. The molecule has 7 aromatic carbocycles. The van der Waals surface area contributed by atoms with E-state index in [0.717, 1.165) is 174 Å². The van der Waals surface area contributed by atoms with Crippen LogP contribution in [-0.2, 0) is 54.9 Å². The lowest BCUT2D eigenvalue weighted by molar-refractivity contribution is -0.133. The summed E-state index contributed by atoms with van der Waals surface area (Å²) in [7, 11) is 9.72. The Balaban J connectivity index is 0.000000161. The Morgan fingerprint density at radius 1 is 0.405 bits per heavy atom. The molecule has 5 amide bonds. The second kappa shape index (κ2) is 44.7. The normalized spacial score (nSPS) is 20.8. The molecular weight excluding hydrogens is 1780 g/mol. The third-order valence-corrected chi connectivity index (χ3v) is 27.3. The lowest BCUT2D eigenvalue weighted by atomic mass is 9.80. The number of aromatic carboxylic acids is 1. The summed E-state index contributed by atoms with van der Waals surface area (Å²) in [5, 5.41) is 16.3. The molecule has 0 aromatic heterocycles. The number of anilines is 5. The SMILES string of the molecule is BrCc1ccccc1.CC1N(C)C(=O)C2(CCCCC2)N1c1ccc(C(=O)O)cc1.CC1N(C)C(=O)C2(CCCCC2)N1c1ccc(C(=O)OCc2ccccc2)cc1.CI.COC(=O)c1ccc(N2C(C)N(C)C(=O)C23CCCCC3)cc1.COC(=O)c1ccc(N2C(C)NC(=O)C23CCCCC3)cc1.COC(=O)c1ccc(NC2(C(N)=O)CCCCC2)cc1. The molecular formula is C99H126BrIN10O15. The summed E-state index contributed by atoms with van der Waals surface area (Å²) in [5.74, 6) is -1.86. The number of primary amides is 1. The van der Waals surface area contributed by atoms with Crippen LogP contribution in [0.15, 0.2) is 182 Å². The van der Waals surface area contributed by atoms with Gasteiger partial charge in [0.15, 0.2) is 0 Å². The maximum atomic E-state index is 13.1.